The smallest absolute Gasteiger partial charge is 0.317 e. The molecule has 5 rings (SSSR count). The number of amides is 2. The van der Waals surface area contributed by atoms with Crippen LogP contribution in [0.1, 0.15) is 29.9 Å². The number of carbonyl (C=O) groups is 1. The van der Waals surface area contributed by atoms with E-state index < -0.39 is 0 Å². The Balaban J connectivity index is 1.28. The number of urea groups is 1. The standard InChI is InChI=1S/C20H24N6O2/c27-20(22-14-15-4-3-13-28-15)25-11-9-24(10-12-25)19-18-16-5-1-2-6-17(16)23-26(18)8-7-21-19/h3-4,7-8,13H,1-2,5-6,9-12,14H2,(H,22,27). The molecule has 1 aliphatic heterocycles. The zero-order chi connectivity index (χ0) is 18.9. The maximum atomic E-state index is 12.4. The summed E-state index contributed by atoms with van der Waals surface area (Å²) in [5, 5.41) is 7.69. The Morgan fingerprint density at radius 2 is 2.04 bits per heavy atom. The van der Waals surface area contributed by atoms with Crippen molar-refractivity contribution in [3.05, 3.63) is 47.8 Å². The van der Waals surface area contributed by atoms with Crippen molar-refractivity contribution in [1.82, 2.24) is 24.8 Å². The zero-order valence-corrected chi connectivity index (χ0v) is 15.8. The fraction of sp³-hybridized carbons (Fsp3) is 0.450. The number of anilines is 1. The highest BCUT2D eigenvalue weighted by Crippen LogP contribution is 2.30. The first kappa shape index (κ1) is 17.1. The van der Waals surface area contributed by atoms with E-state index in [4.69, 9.17) is 9.52 Å². The van der Waals surface area contributed by atoms with Gasteiger partial charge in [0, 0.05) is 44.1 Å². The van der Waals surface area contributed by atoms with Crippen LogP contribution in [0.5, 0.6) is 0 Å². The summed E-state index contributed by atoms with van der Waals surface area (Å²) in [6, 6.07) is 3.63. The molecule has 0 spiro atoms. The Labute approximate surface area is 163 Å². The van der Waals surface area contributed by atoms with Gasteiger partial charge in [-0.3, -0.25) is 0 Å². The maximum Gasteiger partial charge on any atom is 0.317 e. The number of piperazine rings is 1. The summed E-state index contributed by atoms with van der Waals surface area (Å²) < 4.78 is 7.25. The van der Waals surface area contributed by atoms with Gasteiger partial charge < -0.3 is 19.5 Å². The predicted octanol–water partition coefficient (Wildman–Crippen LogP) is 2.23. The maximum absolute atomic E-state index is 12.4. The summed E-state index contributed by atoms with van der Waals surface area (Å²) >= 11 is 0. The van der Waals surface area contributed by atoms with Crippen LogP contribution < -0.4 is 10.2 Å². The fourth-order valence-corrected chi connectivity index (χ4v) is 4.19. The van der Waals surface area contributed by atoms with Gasteiger partial charge in [-0.2, -0.15) is 5.10 Å². The number of hydrogen-bond donors (Lipinski definition) is 1. The lowest BCUT2D eigenvalue weighted by Crippen LogP contribution is -2.52. The molecule has 4 heterocycles. The molecule has 3 aromatic rings. The average Bonchev–Trinajstić information content (AvgIpc) is 3.39. The Bertz CT molecular complexity index is 972. The molecule has 0 aromatic carbocycles. The van der Waals surface area contributed by atoms with Crippen molar-refractivity contribution in [2.24, 2.45) is 0 Å². The molecule has 0 saturated carbocycles. The van der Waals surface area contributed by atoms with E-state index in [0.29, 0.717) is 19.6 Å². The number of nitrogens with one attached hydrogen (secondary N) is 1. The summed E-state index contributed by atoms with van der Waals surface area (Å²) in [4.78, 5) is 21.2. The van der Waals surface area contributed by atoms with E-state index in [1.54, 1.807) is 6.26 Å². The van der Waals surface area contributed by atoms with E-state index in [9.17, 15) is 4.79 Å². The Morgan fingerprint density at radius 3 is 2.86 bits per heavy atom. The van der Waals surface area contributed by atoms with Gasteiger partial charge in [0.1, 0.15) is 11.3 Å². The highest BCUT2D eigenvalue weighted by Gasteiger charge is 2.26. The first-order valence-corrected chi connectivity index (χ1v) is 9.95. The topological polar surface area (TPSA) is 78.9 Å². The van der Waals surface area contributed by atoms with Crippen molar-refractivity contribution >= 4 is 17.4 Å². The van der Waals surface area contributed by atoms with Crippen LogP contribution in [-0.2, 0) is 19.4 Å². The lowest BCUT2D eigenvalue weighted by atomic mass is 9.97. The van der Waals surface area contributed by atoms with Crippen molar-refractivity contribution in [3.8, 4) is 0 Å². The minimum Gasteiger partial charge on any atom is -0.467 e. The van der Waals surface area contributed by atoms with E-state index in [1.165, 1.54) is 24.1 Å². The van der Waals surface area contributed by atoms with Crippen molar-refractivity contribution < 1.29 is 9.21 Å². The zero-order valence-electron chi connectivity index (χ0n) is 15.8. The van der Waals surface area contributed by atoms with E-state index in [-0.39, 0.29) is 6.03 Å². The molecule has 1 aliphatic carbocycles. The van der Waals surface area contributed by atoms with Gasteiger partial charge in [0.15, 0.2) is 5.82 Å². The van der Waals surface area contributed by atoms with Gasteiger partial charge in [-0.1, -0.05) is 0 Å². The van der Waals surface area contributed by atoms with Crippen LogP contribution in [0.3, 0.4) is 0 Å². The van der Waals surface area contributed by atoms with Crippen molar-refractivity contribution in [1.29, 1.82) is 0 Å². The van der Waals surface area contributed by atoms with Crippen LogP contribution in [-0.4, -0.2) is 51.7 Å². The number of aromatic nitrogens is 3. The number of nitrogens with zero attached hydrogens (tertiary/aromatic N) is 5. The van der Waals surface area contributed by atoms with E-state index in [2.05, 4.69) is 15.2 Å². The molecule has 0 atom stereocenters. The van der Waals surface area contributed by atoms with Crippen LogP contribution >= 0.6 is 0 Å². The Kier molecular flexibility index (Phi) is 4.38. The SMILES string of the molecule is O=C(NCc1ccco1)N1CCN(c2nccn3nc4c(c23)CCCC4)CC1. The predicted molar refractivity (Wildman–Crippen MR) is 104 cm³/mol. The molecule has 1 fully saturated rings. The number of furan rings is 1. The van der Waals surface area contributed by atoms with Crippen molar-refractivity contribution in [3.63, 3.8) is 0 Å². The molecular weight excluding hydrogens is 356 g/mol. The molecule has 2 amide bonds. The van der Waals surface area contributed by atoms with Crippen LogP contribution in [0.4, 0.5) is 10.6 Å². The molecule has 0 bridgehead atoms. The summed E-state index contributed by atoms with van der Waals surface area (Å²) in [7, 11) is 0. The normalized spacial score (nSPS) is 17.0. The highest BCUT2D eigenvalue weighted by molar-refractivity contribution is 5.76. The molecule has 28 heavy (non-hydrogen) atoms. The van der Waals surface area contributed by atoms with Gasteiger partial charge in [-0.05, 0) is 37.8 Å². The average molecular weight is 380 g/mol. The number of rotatable bonds is 3. The largest absolute Gasteiger partial charge is 0.467 e. The van der Waals surface area contributed by atoms with Gasteiger partial charge in [0.05, 0.1) is 18.5 Å². The van der Waals surface area contributed by atoms with Crippen LogP contribution in [0.15, 0.2) is 35.2 Å². The third-order valence-electron chi connectivity index (χ3n) is 5.66. The second kappa shape index (κ2) is 7.18. The molecule has 3 aromatic heterocycles. The molecule has 2 aliphatic rings. The highest BCUT2D eigenvalue weighted by atomic mass is 16.3. The molecule has 146 valence electrons. The summed E-state index contributed by atoms with van der Waals surface area (Å²) in [6.07, 6.45) is 9.94. The lowest BCUT2D eigenvalue weighted by molar-refractivity contribution is 0.193. The molecule has 8 nitrogen and oxygen atoms in total. The lowest BCUT2D eigenvalue weighted by Gasteiger charge is -2.35. The van der Waals surface area contributed by atoms with E-state index in [1.807, 2.05) is 33.9 Å². The first-order chi connectivity index (χ1) is 13.8. The number of aryl methyl sites for hydroxylation is 2. The third kappa shape index (κ3) is 3.08. The monoisotopic (exact) mass is 380 g/mol. The summed E-state index contributed by atoms with van der Waals surface area (Å²) in [6.45, 7) is 3.28. The molecule has 8 heteroatoms. The van der Waals surface area contributed by atoms with E-state index in [0.717, 1.165) is 43.0 Å². The third-order valence-corrected chi connectivity index (χ3v) is 5.66. The van der Waals surface area contributed by atoms with Gasteiger partial charge in [-0.15, -0.1) is 0 Å². The first-order valence-electron chi connectivity index (χ1n) is 9.95. The molecule has 1 saturated heterocycles. The van der Waals surface area contributed by atoms with E-state index >= 15 is 0 Å². The second-order valence-corrected chi connectivity index (χ2v) is 7.39. The van der Waals surface area contributed by atoms with Crippen molar-refractivity contribution in [2.45, 2.75) is 32.2 Å². The second-order valence-electron chi connectivity index (χ2n) is 7.39. The Hall–Kier alpha value is -3.03. The number of hydrogen-bond acceptors (Lipinski definition) is 5. The van der Waals surface area contributed by atoms with Crippen LogP contribution in [0, 0.1) is 0 Å². The Morgan fingerprint density at radius 1 is 1.18 bits per heavy atom. The molecular formula is C20H24N6O2. The van der Waals surface area contributed by atoms with Gasteiger partial charge >= 0.3 is 6.03 Å². The minimum absolute atomic E-state index is 0.0519. The van der Waals surface area contributed by atoms with Gasteiger partial charge in [-0.25, -0.2) is 14.3 Å². The number of carbonyl (C=O) groups excluding carboxylic acids is 1. The van der Waals surface area contributed by atoms with Gasteiger partial charge in [0.25, 0.3) is 0 Å². The molecule has 0 radical (unpaired) electrons. The molecule has 0 unspecified atom stereocenters. The fourth-order valence-electron chi connectivity index (χ4n) is 4.19. The number of fused-ring (bicyclic) bond motifs is 3. The van der Waals surface area contributed by atoms with Crippen LogP contribution in [0.25, 0.3) is 5.52 Å². The quantitative estimate of drug-likeness (QED) is 0.754. The summed E-state index contributed by atoms with van der Waals surface area (Å²) in [5.41, 5.74) is 3.72. The van der Waals surface area contributed by atoms with Gasteiger partial charge in [0.2, 0.25) is 0 Å². The minimum atomic E-state index is -0.0519. The molecule has 1 N–H and O–H groups in total. The van der Waals surface area contributed by atoms with Crippen LogP contribution in [0.2, 0.25) is 0 Å². The summed E-state index contributed by atoms with van der Waals surface area (Å²) in [5.74, 6) is 1.75. The van der Waals surface area contributed by atoms with Crippen molar-refractivity contribution in [2.75, 3.05) is 31.1 Å².